The number of nitrogens with one attached hydrogen (secondary N) is 1. The molecule has 16 heavy (non-hydrogen) atoms. The zero-order valence-electron chi connectivity index (χ0n) is 8.84. The summed E-state index contributed by atoms with van der Waals surface area (Å²) >= 11 is 13.7. The molecule has 1 fully saturated rings. The van der Waals surface area contributed by atoms with Gasteiger partial charge in [-0.3, -0.25) is 0 Å². The normalized spacial score (nSPS) is 24.7. The van der Waals surface area contributed by atoms with Crippen LogP contribution >= 0.6 is 35.0 Å². The lowest BCUT2D eigenvalue weighted by molar-refractivity contribution is 0.476. The van der Waals surface area contributed by atoms with Gasteiger partial charge in [0, 0.05) is 17.0 Å². The van der Waals surface area contributed by atoms with Gasteiger partial charge < -0.3 is 10.4 Å². The second-order valence-corrected chi connectivity index (χ2v) is 6.20. The third kappa shape index (κ3) is 2.53. The molecule has 2 rings (SSSR count). The Balaban J connectivity index is 2.15. The highest BCUT2D eigenvalue weighted by molar-refractivity contribution is 8.00. The molecule has 1 aliphatic rings. The van der Waals surface area contributed by atoms with Crippen LogP contribution in [0.2, 0.25) is 10.0 Å². The summed E-state index contributed by atoms with van der Waals surface area (Å²) in [5.41, 5.74) is 0.868. The van der Waals surface area contributed by atoms with E-state index in [-0.39, 0.29) is 15.8 Å². The second kappa shape index (κ2) is 4.94. The van der Waals surface area contributed by atoms with E-state index >= 15 is 0 Å². The van der Waals surface area contributed by atoms with Crippen molar-refractivity contribution < 1.29 is 5.11 Å². The first-order chi connectivity index (χ1) is 7.58. The fraction of sp³-hybridized carbons (Fsp3) is 0.455. The molecular weight excluding hydrogens is 265 g/mol. The molecule has 0 aliphatic carbocycles. The van der Waals surface area contributed by atoms with E-state index in [0.29, 0.717) is 11.3 Å². The van der Waals surface area contributed by atoms with E-state index in [0.717, 1.165) is 12.1 Å². The Kier molecular flexibility index (Phi) is 3.77. The fourth-order valence-corrected chi connectivity index (χ4v) is 3.47. The van der Waals surface area contributed by atoms with E-state index in [9.17, 15) is 5.11 Å². The SMILES string of the molecule is CC1SCCC1Nc1cc(Cl)c(O)c(Cl)c1. The number of phenolic OH excluding ortho intramolecular Hbond substituents is 1. The van der Waals surface area contributed by atoms with Gasteiger partial charge in [-0.15, -0.1) is 0 Å². The second-order valence-electron chi connectivity index (χ2n) is 3.90. The average Bonchev–Trinajstić information content (AvgIpc) is 2.61. The minimum atomic E-state index is -0.0530. The molecule has 1 aliphatic heterocycles. The van der Waals surface area contributed by atoms with Gasteiger partial charge in [0.25, 0.3) is 0 Å². The van der Waals surface area contributed by atoms with Crippen molar-refractivity contribution in [2.75, 3.05) is 11.1 Å². The topological polar surface area (TPSA) is 32.3 Å². The summed E-state index contributed by atoms with van der Waals surface area (Å²) in [5.74, 6) is 1.13. The molecule has 0 radical (unpaired) electrons. The standard InChI is InChI=1S/C11H13Cl2NOS/c1-6-10(2-3-16-6)14-7-4-8(12)11(15)9(13)5-7/h4-6,10,14-15H,2-3H2,1H3. The van der Waals surface area contributed by atoms with Gasteiger partial charge in [0.05, 0.1) is 10.0 Å². The summed E-state index contributed by atoms with van der Waals surface area (Å²) in [7, 11) is 0. The van der Waals surface area contributed by atoms with Crippen molar-refractivity contribution >= 4 is 40.7 Å². The molecule has 1 aromatic rings. The molecule has 0 spiro atoms. The minimum Gasteiger partial charge on any atom is -0.505 e. The van der Waals surface area contributed by atoms with Crippen molar-refractivity contribution in [3.8, 4) is 5.75 Å². The molecule has 1 aromatic carbocycles. The number of hydrogen-bond donors (Lipinski definition) is 2. The summed E-state index contributed by atoms with van der Waals surface area (Å²) < 4.78 is 0. The lowest BCUT2D eigenvalue weighted by Gasteiger charge is -2.18. The van der Waals surface area contributed by atoms with E-state index in [1.54, 1.807) is 12.1 Å². The quantitative estimate of drug-likeness (QED) is 0.802. The maximum Gasteiger partial charge on any atom is 0.152 e. The third-order valence-corrected chi connectivity index (χ3v) is 4.65. The molecule has 0 aromatic heterocycles. The number of halogens is 2. The van der Waals surface area contributed by atoms with E-state index in [1.807, 2.05) is 11.8 Å². The van der Waals surface area contributed by atoms with Gasteiger partial charge in [0.2, 0.25) is 0 Å². The number of benzene rings is 1. The molecule has 1 saturated heterocycles. The first kappa shape index (κ1) is 12.2. The molecule has 88 valence electrons. The molecule has 0 bridgehead atoms. The van der Waals surface area contributed by atoms with E-state index < -0.39 is 0 Å². The molecule has 2 atom stereocenters. The molecule has 0 saturated carbocycles. The average molecular weight is 278 g/mol. The predicted molar refractivity (Wildman–Crippen MR) is 72.1 cm³/mol. The fourth-order valence-electron chi connectivity index (χ4n) is 1.78. The van der Waals surface area contributed by atoms with Crippen molar-refractivity contribution in [2.45, 2.75) is 24.6 Å². The van der Waals surface area contributed by atoms with Gasteiger partial charge in [0.15, 0.2) is 5.75 Å². The number of aromatic hydroxyl groups is 1. The highest BCUT2D eigenvalue weighted by Crippen LogP contribution is 2.36. The van der Waals surface area contributed by atoms with Crippen LogP contribution in [0.5, 0.6) is 5.75 Å². The van der Waals surface area contributed by atoms with E-state index in [1.165, 1.54) is 5.75 Å². The van der Waals surface area contributed by atoms with Gasteiger partial charge in [-0.25, -0.2) is 0 Å². The monoisotopic (exact) mass is 277 g/mol. The van der Waals surface area contributed by atoms with Crippen LogP contribution in [0, 0.1) is 0 Å². The highest BCUT2D eigenvalue weighted by atomic mass is 35.5. The van der Waals surface area contributed by atoms with Gasteiger partial charge in [0.1, 0.15) is 0 Å². The number of phenols is 1. The van der Waals surface area contributed by atoms with Crippen LogP contribution in [-0.4, -0.2) is 22.2 Å². The molecule has 2 nitrogen and oxygen atoms in total. The summed E-state index contributed by atoms with van der Waals surface area (Å²) in [4.78, 5) is 0. The number of rotatable bonds is 2. The van der Waals surface area contributed by atoms with Crippen molar-refractivity contribution in [3.05, 3.63) is 22.2 Å². The van der Waals surface area contributed by atoms with Crippen molar-refractivity contribution in [1.82, 2.24) is 0 Å². The van der Waals surface area contributed by atoms with Crippen LogP contribution < -0.4 is 5.32 Å². The van der Waals surface area contributed by atoms with Gasteiger partial charge in [-0.1, -0.05) is 30.1 Å². The van der Waals surface area contributed by atoms with Crippen molar-refractivity contribution in [2.24, 2.45) is 0 Å². The number of anilines is 1. The third-order valence-electron chi connectivity index (χ3n) is 2.75. The van der Waals surface area contributed by atoms with Crippen LogP contribution in [0.25, 0.3) is 0 Å². The molecule has 2 N–H and O–H groups in total. The Morgan fingerprint density at radius 2 is 2.00 bits per heavy atom. The lowest BCUT2D eigenvalue weighted by atomic mass is 10.1. The first-order valence-electron chi connectivity index (χ1n) is 5.14. The Bertz CT molecular complexity index is 377. The lowest BCUT2D eigenvalue weighted by Crippen LogP contribution is -2.24. The van der Waals surface area contributed by atoms with Crippen LogP contribution in [0.4, 0.5) is 5.69 Å². The zero-order chi connectivity index (χ0) is 11.7. The number of hydrogen-bond acceptors (Lipinski definition) is 3. The smallest absolute Gasteiger partial charge is 0.152 e. The maximum absolute atomic E-state index is 9.45. The Morgan fingerprint density at radius 3 is 2.50 bits per heavy atom. The highest BCUT2D eigenvalue weighted by Gasteiger charge is 2.23. The molecular formula is C11H13Cl2NOS. The van der Waals surface area contributed by atoms with Gasteiger partial charge in [-0.2, -0.15) is 11.8 Å². The van der Waals surface area contributed by atoms with Gasteiger partial charge in [-0.05, 0) is 24.3 Å². The van der Waals surface area contributed by atoms with Crippen LogP contribution in [0.15, 0.2) is 12.1 Å². The summed E-state index contributed by atoms with van der Waals surface area (Å²) in [6, 6.07) is 3.86. The van der Waals surface area contributed by atoms with E-state index in [4.69, 9.17) is 23.2 Å². The summed E-state index contributed by atoms with van der Waals surface area (Å²) in [6.07, 6.45) is 1.14. The first-order valence-corrected chi connectivity index (χ1v) is 6.94. The predicted octanol–water partition coefficient (Wildman–Crippen LogP) is 4.00. The molecule has 2 unspecified atom stereocenters. The molecule has 1 heterocycles. The van der Waals surface area contributed by atoms with Crippen LogP contribution in [0.3, 0.4) is 0 Å². The Labute approximate surface area is 109 Å². The Morgan fingerprint density at radius 1 is 1.38 bits per heavy atom. The molecule has 5 heteroatoms. The van der Waals surface area contributed by atoms with Crippen LogP contribution in [-0.2, 0) is 0 Å². The molecule has 0 amide bonds. The summed E-state index contributed by atoms with van der Waals surface area (Å²) in [5, 5.41) is 14.0. The largest absolute Gasteiger partial charge is 0.505 e. The van der Waals surface area contributed by atoms with Crippen molar-refractivity contribution in [3.63, 3.8) is 0 Å². The van der Waals surface area contributed by atoms with Crippen molar-refractivity contribution in [1.29, 1.82) is 0 Å². The minimum absolute atomic E-state index is 0.0530. The zero-order valence-corrected chi connectivity index (χ0v) is 11.2. The summed E-state index contributed by atoms with van der Waals surface area (Å²) in [6.45, 7) is 2.21. The Hall–Kier alpha value is -0.250. The maximum atomic E-state index is 9.45. The number of thioether (sulfide) groups is 1. The van der Waals surface area contributed by atoms with Gasteiger partial charge >= 0.3 is 0 Å². The van der Waals surface area contributed by atoms with E-state index in [2.05, 4.69) is 12.2 Å². The van der Waals surface area contributed by atoms with Crippen LogP contribution in [0.1, 0.15) is 13.3 Å².